The van der Waals surface area contributed by atoms with E-state index < -0.39 is 0 Å². The normalized spacial score (nSPS) is 30.2. The van der Waals surface area contributed by atoms with Crippen LogP contribution < -0.4 is 0 Å². The highest BCUT2D eigenvalue weighted by atomic mass is 16.6. The number of rotatable bonds is 1. The first-order chi connectivity index (χ1) is 7.22. The van der Waals surface area contributed by atoms with Gasteiger partial charge in [-0.1, -0.05) is 0 Å². The number of carbonyl (C=O) groups is 2. The minimum atomic E-state index is -0.264. The molecule has 1 aliphatic carbocycles. The molecule has 2 rings (SSSR count). The van der Waals surface area contributed by atoms with Crippen molar-refractivity contribution in [3.05, 3.63) is 0 Å². The van der Waals surface area contributed by atoms with Crippen LogP contribution >= 0.6 is 0 Å². The van der Waals surface area contributed by atoms with Crippen molar-refractivity contribution in [2.45, 2.75) is 26.2 Å². The predicted octanol–water partition coefficient (Wildman–Crippen LogP) is 1.44. The number of ketones is 1. The second kappa shape index (κ2) is 4.21. The van der Waals surface area contributed by atoms with Gasteiger partial charge in [-0.3, -0.25) is 4.79 Å². The molecule has 2 fully saturated rings. The Balaban J connectivity index is 1.97. The molecule has 0 radical (unpaired) electrons. The van der Waals surface area contributed by atoms with Gasteiger partial charge in [0.2, 0.25) is 0 Å². The maximum absolute atomic E-state index is 11.6. The van der Waals surface area contributed by atoms with Crippen molar-refractivity contribution >= 4 is 11.9 Å². The quantitative estimate of drug-likeness (QED) is 0.659. The highest BCUT2D eigenvalue weighted by molar-refractivity contribution is 5.83. The molecule has 15 heavy (non-hydrogen) atoms. The van der Waals surface area contributed by atoms with E-state index in [1.807, 2.05) is 0 Å². The number of nitrogens with zero attached hydrogens (tertiary/aromatic N) is 1. The van der Waals surface area contributed by atoms with E-state index in [4.69, 9.17) is 4.74 Å². The smallest absolute Gasteiger partial charge is 0.409 e. The van der Waals surface area contributed by atoms with Crippen LogP contribution in [0.25, 0.3) is 0 Å². The van der Waals surface area contributed by atoms with E-state index in [9.17, 15) is 9.59 Å². The lowest BCUT2D eigenvalue weighted by molar-refractivity contribution is -0.125. The zero-order valence-corrected chi connectivity index (χ0v) is 9.07. The Bertz CT molecular complexity index is 277. The Morgan fingerprint density at radius 3 is 3.00 bits per heavy atom. The average Bonchev–Trinajstić information content (AvgIpc) is 2.63. The summed E-state index contributed by atoms with van der Waals surface area (Å²) in [4.78, 5) is 24.8. The lowest BCUT2D eigenvalue weighted by atomic mass is 9.81. The van der Waals surface area contributed by atoms with E-state index in [-0.39, 0.29) is 12.0 Å². The summed E-state index contributed by atoms with van der Waals surface area (Å²) in [5.41, 5.74) is 0. The molecule has 0 spiro atoms. The topological polar surface area (TPSA) is 46.6 Å². The number of carbonyl (C=O) groups excluding carboxylic acids is 2. The number of amides is 1. The fraction of sp³-hybridized carbons (Fsp3) is 0.818. The molecule has 1 saturated carbocycles. The summed E-state index contributed by atoms with van der Waals surface area (Å²) >= 11 is 0. The highest BCUT2D eigenvalue weighted by Crippen LogP contribution is 2.34. The Labute approximate surface area is 89.6 Å². The molecule has 2 atom stereocenters. The summed E-state index contributed by atoms with van der Waals surface area (Å²) < 4.78 is 4.94. The standard InChI is InChI=1S/C11H17NO3/c1-2-15-11(14)12-6-8-4-3-5-10(13)9(8)7-12/h8-9H,2-7H2,1H3. The fourth-order valence-electron chi connectivity index (χ4n) is 2.62. The number of fused-ring (bicyclic) bond motifs is 1. The van der Waals surface area contributed by atoms with E-state index in [0.717, 1.165) is 12.8 Å². The van der Waals surface area contributed by atoms with Crippen molar-refractivity contribution in [1.82, 2.24) is 4.90 Å². The van der Waals surface area contributed by atoms with Crippen molar-refractivity contribution in [1.29, 1.82) is 0 Å². The van der Waals surface area contributed by atoms with Crippen molar-refractivity contribution < 1.29 is 14.3 Å². The lowest BCUT2D eigenvalue weighted by Crippen LogP contribution is -2.30. The van der Waals surface area contributed by atoms with E-state index in [0.29, 0.717) is 37.8 Å². The molecule has 0 aromatic carbocycles. The Morgan fingerprint density at radius 1 is 1.53 bits per heavy atom. The summed E-state index contributed by atoms with van der Waals surface area (Å²) in [6, 6.07) is 0. The fourth-order valence-corrected chi connectivity index (χ4v) is 2.62. The van der Waals surface area contributed by atoms with Gasteiger partial charge in [0.25, 0.3) is 0 Å². The molecule has 84 valence electrons. The Morgan fingerprint density at radius 2 is 2.33 bits per heavy atom. The van der Waals surface area contributed by atoms with E-state index in [1.165, 1.54) is 0 Å². The SMILES string of the molecule is CCOC(=O)N1CC2CCCC(=O)C2C1. The second-order valence-corrected chi connectivity index (χ2v) is 4.33. The molecule has 1 heterocycles. The van der Waals surface area contributed by atoms with E-state index >= 15 is 0 Å². The van der Waals surface area contributed by atoms with Gasteiger partial charge in [-0.15, -0.1) is 0 Å². The zero-order valence-electron chi connectivity index (χ0n) is 9.07. The molecule has 0 aromatic heterocycles. The molecule has 4 heteroatoms. The Hall–Kier alpha value is -1.06. The minimum absolute atomic E-state index is 0.0863. The molecule has 1 aliphatic heterocycles. The van der Waals surface area contributed by atoms with Gasteiger partial charge in [-0.25, -0.2) is 4.79 Å². The third kappa shape index (κ3) is 1.98. The van der Waals surface area contributed by atoms with E-state index in [1.54, 1.807) is 11.8 Å². The van der Waals surface area contributed by atoms with Crippen LogP contribution in [0.4, 0.5) is 4.79 Å². The summed E-state index contributed by atoms with van der Waals surface area (Å²) in [6.45, 7) is 3.47. The maximum Gasteiger partial charge on any atom is 0.409 e. The summed E-state index contributed by atoms with van der Waals surface area (Å²) in [7, 11) is 0. The van der Waals surface area contributed by atoms with Gasteiger partial charge in [-0.2, -0.15) is 0 Å². The second-order valence-electron chi connectivity index (χ2n) is 4.33. The number of ether oxygens (including phenoxy) is 1. The average molecular weight is 211 g/mol. The van der Waals surface area contributed by atoms with Crippen LogP contribution in [0.3, 0.4) is 0 Å². The third-order valence-electron chi connectivity index (χ3n) is 3.38. The highest BCUT2D eigenvalue weighted by Gasteiger charge is 2.41. The monoisotopic (exact) mass is 211 g/mol. The molecule has 0 aromatic rings. The molecular formula is C11H17NO3. The van der Waals surface area contributed by atoms with E-state index in [2.05, 4.69) is 0 Å². The Kier molecular flexibility index (Phi) is 2.93. The first-order valence-corrected chi connectivity index (χ1v) is 5.66. The van der Waals surface area contributed by atoms with Crippen LogP contribution in [0.2, 0.25) is 0 Å². The maximum atomic E-state index is 11.6. The number of Topliss-reactive ketones (excluding diaryl/α,β-unsaturated/α-hetero) is 1. The van der Waals surface area contributed by atoms with Crippen molar-refractivity contribution in [3.63, 3.8) is 0 Å². The molecule has 1 amide bonds. The largest absolute Gasteiger partial charge is 0.450 e. The summed E-state index contributed by atoms with van der Waals surface area (Å²) in [5, 5.41) is 0. The molecule has 1 saturated heterocycles. The van der Waals surface area contributed by atoms with Gasteiger partial charge in [-0.05, 0) is 25.7 Å². The number of hydrogen-bond acceptors (Lipinski definition) is 3. The van der Waals surface area contributed by atoms with Gasteiger partial charge in [0.1, 0.15) is 5.78 Å². The van der Waals surface area contributed by atoms with Crippen LogP contribution in [0.5, 0.6) is 0 Å². The minimum Gasteiger partial charge on any atom is -0.450 e. The van der Waals surface area contributed by atoms with Crippen LogP contribution in [0.1, 0.15) is 26.2 Å². The van der Waals surface area contributed by atoms with Crippen molar-refractivity contribution in [2.24, 2.45) is 11.8 Å². The molecule has 4 nitrogen and oxygen atoms in total. The van der Waals surface area contributed by atoms with Gasteiger partial charge in [0.05, 0.1) is 6.61 Å². The van der Waals surface area contributed by atoms with Crippen LogP contribution in [0, 0.1) is 11.8 Å². The van der Waals surface area contributed by atoms with Crippen LogP contribution in [0.15, 0.2) is 0 Å². The van der Waals surface area contributed by atoms with Crippen molar-refractivity contribution in [3.8, 4) is 0 Å². The van der Waals surface area contributed by atoms with Gasteiger partial charge >= 0.3 is 6.09 Å². The number of hydrogen-bond donors (Lipinski definition) is 0. The lowest BCUT2D eigenvalue weighted by Gasteiger charge is -2.21. The van der Waals surface area contributed by atoms with Crippen LogP contribution in [-0.2, 0) is 9.53 Å². The van der Waals surface area contributed by atoms with Gasteiger partial charge in [0, 0.05) is 25.4 Å². The van der Waals surface area contributed by atoms with Gasteiger partial charge < -0.3 is 9.64 Å². The molecule has 0 N–H and O–H groups in total. The predicted molar refractivity (Wildman–Crippen MR) is 54.4 cm³/mol. The van der Waals surface area contributed by atoms with Crippen molar-refractivity contribution in [2.75, 3.05) is 19.7 Å². The third-order valence-corrected chi connectivity index (χ3v) is 3.38. The van der Waals surface area contributed by atoms with Gasteiger partial charge in [0.15, 0.2) is 0 Å². The summed E-state index contributed by atoms with van der Waals surface area (Å²) in [6.07, 6.45) is 2.49. The molecular weight excluding hydrogens is 194 g/mol. The van der Waals surface area contributed by atoms with Crippen LogP contribution in [-0.4, -0.2) is 36.5 Å². The summed E-state index contributed by atoms with van der Waals surface area (Å²) in [5.74, 6) is 0.803. The molecule has 2 unspecified atom stereocenters. The molecule has 2 aliphatic rings. The number of likely N-dealkylation sites (tertiary alicyclic amines) is 1. The first kappa shape index (κ1) is 10.5. The zero-order chi connectivity index (χ0) is 10.8. The first-order valence-electron chi connectivity index (χ1n) is 5.66. The molecule has 0 bridgehead atoms.